The van der Waals surface area contributed by atoms with Crippen molar-refractivity contribution in [3.63, 3.8) is 0 Å². The molecule has 21 heavy (non-hydrogen) atoms. The summed E-state index contributed by atoms with van der Waals surface area (Å²) >= 11 is 0. The van der Waals surface area contributed by atoms with Gasteiger partial charge in [-0.3, -0.25) is 4.79 Å². The number of methoxy groups -OCH3 is 1. The minimum atomic E-state index is -0.875. The molecule has 0 amide bonds. The molecule has 1 atom stereocenters. The van der Waals surface area contributed by atoms with Gasteiger partial charge in [0.05, 0.1) is 13.0 Å². The molecule has 1 aromatic carbocycles. The molecule has 1 unspecified atom stereocenters. The molecule has 2 aromatic rings. The SMILES string of the molecule is COc1ccc(-c2nnnn2CCC(C)C(=O)O)cc1F. The fourth-order valence-corrected chi connectivity index (χ4v) is 1.81. The average molecular weight is 294 g/mol. The maximum atomic E-state index is 13.7. The molecule has 0 saturated carbocycles. The number of ether oxygens (including phenoxy) is 1. The van der Waals surface area contributed by atoms with Gasteiger partial charge in [-0.15, -0.1) is 5.10 Å². The number of halogens is 1. The normalized spacial score (nSPS) is 12.1. The Morgan fingerprint density at radius 2 is 2.29 bits per heavy atom. The van der Waals surface area contributed by atoms with Crippen molar-refractivity contribution in [1.82, 2.24) is 20.2 Å². The minimum absolute atomic E-state index is 0.136. The number of rotatable bonds is 6. The van der Waals surface area contributed by atoms with Crippen molar-refractivity contribution < 1.29 is 19.0 Å². The Balaban J connectivity index is 2.20. The summed E-state index contributed by atoms with van der Waals surface area (Å²) in [6.45, 7) is 1.95. The van der Waals surface area contributed by atoms with Gasteiger partial charge in [-0.1, -0.05) is 6.92 Å². The third-order valence-corrected chi connectivity index (χ3v) is 3.14. The number of hydrogen-bond donors (Lipinski definition) is 1. The van der Waals surface area contributed by atoms with E-state index in [1.54, 1.807) is 13.0 Å². The highest BCUT2D eigenvalue weighted by Gasteiger charge is 2.15. The Morgan fingerprint density at radius 1 is 1.52 bits per heavy atom. The van der Waals surface area contributed by atoms with Gasteiger partial charge in [-0.05, 0) is 35.0 Å². The zero-order valence-corrected chi connectivity index (χ0v) is 11.7. The molecule has 1 aromatic heterocycles. The van der Waals surface area contributed by atoms with Crippen LogP contribution in [0, 0.1) is 11.7 Å². The first-order valence-electron chi connectivity index (χ1n) is 6.35. The van der Waals surface area contributed by atoms with E-state index in [0.717, 1.165) is 0 Å². The van der Waals surface area contributed by atoms with Crippen LogP contribution >= 0.6 is 0 Å². The molecule has 0 radical (unpaired) electrons. The Labute approximate surface area is 120 Å². The highest BCUT2D eigenvalue weighted by Crippen LogP contribution is 2.24. The lowest BCUT2D eigenvalue weighted by Gasteiger charge is -2.08. The first-order valence-corrected chi connectivity index (χ1v) is 6.35. The van der Waals surface area contributed by atoms with Crippen LogP contribution in [0.1, 0.15) is 13.3 Å². The second-order valence-electron chi connectivity index (χ2n) is 4.60. The van der Waals surface area contributed by atoms with Crippen LogP contribution in [0.5, 0.6) is 5.75 Å². The highest BCUT2D eigenvalue weighted by molar-refractivity contribution is 5.69. The van der Waals surface area contributed by atoms with E-state index in [1.807, 2.05) is 0 Å². The monoisotopic (exact) mass is 294 g/mol. The first-order chi connectivity index (χ1) is 10.0. The molecule has 0 spiro atoms. The topological polar surface area (TPSA) is 90.1 Å². The minimum Gasteiger partial charge on any atom is -0.494 e. The number of carboxylic acids is 1. The maximum Gasteiger partial charge on any atom is 0.306 e. The van der Waals surface area contributed by atoms with E-state index in [0.29, 0.717) is 24.4 Å². The van der Waals surface area contributed by atoms with Crippen molar-refractivity contribution in [2.45, 2.75) is 19.9 Å². The smallest absolute Gasteiger partial charge is 0.306 e. The summed E-state index contributed by atoms with van der Waals surface area (Å²) in [6.07, 6.45) is 0.381. The van der Waals surface area contributed by atoms with Gasteiger partial charge in [-0.25, -0.2) is 9.07 Å². The first kappa shape index (κ1) is 14.9. The Kier molecular flexibility index (Phi) is 4.46. The van der Waals surface area contributed by atoms with E-state index in [1.165, 1.54) is 23.9 Å². The Hall–Kier alpha value is -2.51. The van der Waals surface area contributed by atoms with Crippen molar-refractivity contribution in [3.8, 4) is 17.1 Å². The molecule has 0 bridgehead atoms. The zero-order chi connectivity index (χ0) is 15.4. The molecule has 7 nitrogen and oxygen atoms in total. The van der Waals surface area contributed by atoms with Gasteiger partial charge >= 0.3 is 5.97 Å². The molecule has 112 valence electrons. The zero-order valence-electron chi connectivity index (χ0n) is 11.7. The fraction of sp³-hybridized carbons (Fsp3) is 0.385. The summed E-state index contributed by atoms with van der Waals surface area (Å²) in [5, 5.41) is 20.1. The lowest BCUT2D eigenvalue weighted by Crippen LogP contribution is -2.14. The third-order valence-electron chi connectivity index (χ3n) is 3.14. The quantitative estimate of drug-likeness (QED) is 0.870. The van der Waals surface area contributed by atoms with Crippen molar-refractivity contribution >= 4 is 5.97 Å². The largest absolute Gasteiger partial charge is 0.494 e. The number of aromatic nitrogens is 4. The summed E-state index contributed by atoms with van der Waals surface area (Å²) in [7, 11) is 1.38. The van der Waals surface area contributed by atoms with Crippen molar-refractivity contribution in [1.29, 1.82) is 0 Å². The van der Waals surface area contributed by atoms with E-state index in [9.17, 15) is 9.18 Å². The lowest BCUT2D eigenvalue weighted by molar-refractivity contribution is -0.141. The molecule has 1 heterocycles. The second-order valence-corrected chi connectivity index (χ2v) is 4.60. The number of aliphatic carboxylic acids is 1. The predicted molar refractivity (Wildman–Crippen MR) is 71.2 cm³/mol. The highest BCUT2D eigenvalue weighted by atomic mass is 19.1. The third kappa shape index (κ3) is 3.33. The van der Waals surface area contributed by atoms with Gasteiger partial charge < -0.3 is 9.84 Å². The van der Waals surface area contributed by atoms with E-state index >= 15 is 0 Å². The molecule has 0 aliphatic heterocycles. The maximum absolute atomic E-state index is 13.7. The summed E-state index contributed by atoms with van der Waals surface area (Å²) in [4.78, 5) is 10.8. The molecule has 8 heteroatoms. The number of aryl methyl sites for hydroxylation is 1. The van der Waals surface area contributed by atoms with Crippen molar-refractivity contribution in [2.24, 2.45) is 5.92 Å². The summed E-state index contributed by atoms with van der Waals surface area (Å²) in [6, 6.07) is 4.41. The number of carbonyl (C=O) groups is 1. The molecule has 0 fully saturated rings. The van der Waals surface area contributed by atoms with E-state index in [-0.39, 0.29) is 5.75 Å². The molecule has 2 rings (SSSR count). The van der Waals surface area contributed by atoms with E-state index in [4.69, 9.17) is 9.84 Å². The number of carboxylic acid groups (broad SMARTS) is 1. The Morgan fingerprint density at radius 3 is 2.90 bits per heavy atom. The Bertz CT molecular complexity index is 644. The van der Waals surface area contributed by atoms with Gasteiger partial charge in [0.1, 0.15) is 0 Å². The van der Waals surface area contributed by atoms with E-state index in [2.05, 4.69) is 15.5 Å². The average Bonchev–Trinajstić information content (AvgIpc) is 2.92. The van der Waals surface area contributed by atoms with Crippen LogP contribution in [0.2, 0.25) is 0 Å². The number of benzene rings is 1. The van der Waals surface area contributed by atoms with Crippen LogP contribution in [0.15, 0.2) is 18.2 Å². The van der Waals surface area contributed by atoms with Crippen LogP contribution in [0.25, 0.3) is 11.4 Å². The summed E-state index contributed by atoms with van der Waals surface area (Å²) in [5.74, 6) is -1.37. The molecule has 1 N–H and O–H groups in total. The van der Waals surface area contributed by atoms with Crippen LogP contribution in [-0.4, -0.2) is 38.4 Å². The van der Waals surface area contributed by atoms with Crippen LogP contribution in [-0.2, 0) is 11.3 Å². The summed E-state index contributed by atoms with van der Waals surface area (Å²) in [5.41, 5.74) is 0.501. The molecule has 0 aliphatic carbocycles. The van der Waals surface area contributed by atoms with Gasteiger partial charge in [0.25, 0.3) is 0 Å². The van der Waals surface area contributed by atoms with Crippen molar-refractivity contribution in [2.75, 3.05) is 7.11 Å². The number of hydrogen-bond acceptors (Lipinski definition) is 5. The molecular weight excluding hydrogens is 279 g/mol. The van der Waals surface area contributed by atoms with Crippen LogP contribution < -0.4 is 4.74 Å². The standard InChI is InChI=1S/C13H15FN4O3/c1-8(13(19)20)5-6-18-12(15-16-17-18)9-3-4-11(21-2)10(14)7-9/h3-4,7-8H,5-6H2,1-2H3,(H,19,20). The van der Waals surface area contributed by atoms with Gasteiger partial charge in [-0.2, -0.15) is 0 Å². The predicted octanol–water partition coefficient (Wildman–Crippen LogP) is 1.60. The number of nitrogens with zero attached hydrogens (tertiary/aromatic N) is 4. The fourth-order valence-electron chi connectivity index (χ4n) is 1.81. The van der Waals surface area contributed by atoms with Crippen LogP contribution in [0.3, 0.4) is 0 Å². The van der Waals surface area contributed by atoms with Crippen molar-refractivity contribution in [3.05, 3.63) is 24.0 Å². The van der Waals surface area contributed by atoms with Crippen LogP contribution in [0.4, 0.5) is 4.39 Å². The molecule has 0 aliphatic rings. The van der Waals surface area contributed by atoms with Gasteiger partial charge in [0.2, 0.25) is 0 Å². The number of tetrazole rings is 1. The van der Waals surface area contributed by atoms with E-state index < -0.39 is 17.7 Å². The van der Waals surface area contributed by atoms with Gasteiger partial charge in [0, 0.05) is 12.1 Å². The molecule has 0 saturated heterocycles. The summed E-state index contributed by atoms with van der Waals surface area (Å²) < 4.78 is 20.0. The second kappa shape index (κ2) is 6.29. The molecular formula is C13H15FN4O3. The van der Waals surface area contributed by atoms with Gasteiger partial charge in [0.15, 0.2) is 17.4 Å². The lowest BCUT2D eigenvalue weighted by atomic mass is 10.1.